The van der Waals surface area contributed by atoms with Crippen LogP contribution in [0.25, 0.3) is 0 Å². The Morgan fingerprint density at radius 2 is 2.06 bits per heavy atom. The fourth-order valence-corrected chi connectivity index (χ4v) is 2.59. The van der Waals surface area contributed by atoms with Crippen LogP contribution in [0.4, 0.5) is 0 Å². The van der Waals surface area contributed by atoms with Gasteiger partial charge in [0.15, 0.2) is 0 Å². The fraction of sp³-hybridized carbons (Fsp3) is 0.600. The summed E-state index contributed by atoms with van der Waals surface area (Å²) >= 11 is 0. The number of rotatable bonds is 3. The van der Waals surface area contributed by atoms with Crippen LogP contribution in [0.5, 0.6) is 5.75 Å². The van der Waals surface area contributed by atoms with E-state index in [2.05, 4.69) is 32.0 Å². The fourth-order valence-electron chi connectivity index (χ4n) is 2.59. The van der Waals surface area contributed by atoms with Crippen molar-refractivity contribution >= 4 is 0 Å². The third kappa shape index (κ3) is 3.01. The van der Waals surface area contributed by atoms with Gasteiger partial charge >= 0.3 is 0 Å². The Morgan fingerprint density at radius 3 is 2.71 bits per heavy atom. The van der Waals surface area contributed by atoms with Gasteiger partial charge in [0, 0.05) is 6.54 Å². The van der Waals surface area contributed by atoms with Crippen LogP contribution in [0.1, 0.15) is 43.7 Å². The van der Waals surface area contributed by atoms with Crippen LogP contribution >= 0.6 is 0 Å². The molecule has 0 amide bonds. The van der Waals surface area contributed by atoms with E-state index in [-0.39, 0.29) is 0 Å². The Kier molecular flexibility index (Phi) is 4.06. The van der Waals surface area contributed by atoms with E-state index in [0.29, 0.717) is 18.6 Å². The van der Waals surface area contributed by atoms with Gasteiger partial charge in [-0.3, -0.25) is 0 Å². The quantitative estimate of drug-likeness (QED) is 0.868. The molecule has 0 spiro atoms. The van der Waals surface area contributed by atoms with Crippen molar-refractivity contribution in [1.82, 2.24) is 0 Å². The first-order valence-electron chi connectivity index (χ1n) is 6.67. The highest BCUT2D eigenvalue weighted by atomic mass is 16.5. The van der Waals surface area contributed by atoms with Crippen molar-refractivity contribution in [2.75, 3.05) is 0 Å². The number of ether oxygens (including phenoxy) is 1. The van der Waals surface area contributed by atoms with E-state index in [0.717, 1.165) is 5.75 Å². The zero-order valence-electron chi connectivity index (χ0n) is 10.9. The second kappa shape index (κ2) is 5.54. The highest BCUT2D eigenvalue weighted by Gasteiger charge is 2.23. The number of benzene rings is 1. The van der Waals surface area contributed by atoms with E-state index < -0.39 is 0 Å². The summed E-state index contributed by atoms with van der Waals surface area (Å²) in [5.41, 5.74) is 8.01. The second-order valence-electron chi connectivity index (χ2n) is 5.22. The van der Waals surface area contributed by atoms with Crippen LogP contribution in [0.2, 0.25) is 0 Å². The molecule has 2 nitrogen and oxygen atoms in total. The lowest BCUT2D eigenvalue weighted by Crippen LogP contribution is -2.28. The average molecular weight is 233 g/mol. The zero-order chi connectivity index (χ0) is 12.3. The molecule has 1 aliphatic carbocycles. The molecule has 2 N–H and O–H groups in total. The first-order valence-corrected chi connectivity index (χ1v) is 6.67. The van der Waals surface area contributed by atoms with Gasteiger partial charge in [0.05, 0.1) is 0 Å². The topological polar surface area (TPSA) is 35.2 Å². The van der Waals surface area contributed by atoms with Crippen molar-refractivity contribution < 1.29 is 4.74 Å². The maximum Gasteiger partial charge on any atom is 0.122 e. The SMILES string of the molecule is Cc1cc(CN)ccc1OC1CCCCC1C. The third-order valence-corrected chi connectivity index (χ3v) is 3.79. The number of aryl methyl sites for hydroxylation is 1. The lowest BCUT2D eigenvalue weighted by Gasteiger charge is -2.30. The normalized spacial score (nSPS) is 24.6. The molecule has 0 bridgehead atoms. The van der Waals surface area contributed by atoms with Crippen molar-refractivity contribution in [2.45, 2.75) is 52.2 Å². The van der Waals surface area contributed by atoms with Gasteiger partial charge in [-0.1, -0.05) is 25.5 Å². The minimum Gasteiger partial charge on any atom is -0.490 e. The van der Waals surface area contributed by atoms with Gasteiger partial charge in [-0.25, -0.2) is 0 Å². The van der Waals surface area contributed by atoms with E-state index in [4.69, 9.17) is 10.5 Å². The van der Waals surface area contributed by atoms with Crippen molar-refractivity contribution in [3.8, 4) is 5.75 Å². The molecule has 94 valence electrons. The molecule has 1 aliphatic rings. The molecule has 0 aliphatic heterocycles. The first-order chi connectivity index (χ1) is 8.20. The standard InChI is InChI=1S/C15H23NO/c1-11-5-3-4-6-14(11)17-15-8-7-13(10-16)9-12(15)2/h7-9,11,14H,3-6,10,16H2,1-2H3. The smallest absolute Gasteiger partial charge is 0.122 e. The molecule has 1 aromatic rings. The lowest BCUT2D eigenvalue weighted by molar-refractivity contribution is 0.102. The summed E-state index contributed by atoms with van der Waals surface area (Å²) in [5, 5.41) is 0. The molecule has 1 aromatic carbocycles. The number of hydrogen-bond acceptors (Lipinski definition) is 2. The van der Waals surface area contributed by atoms with E-state index >= 15 is 0 Å². The largest absolute Gasteiger partial charge is 0.490 e. The van der Waals surface area contributed by atoms with Gasteiger partial charge in [-0.2, -0.15) is 0 Å². The second-order valence-corrected chi connectivity index (χ2v) is 5.22. The maximum atomic E-state index is 6.16. The predicted octanol–water partition coefficient (Wildman–Crippen LogP) is 3.41. The van der Waals surface area contributed by atoms with Crippen molar-refractivity contribution in [3.63, 3.8) is 0 Å². The molecule has 0 heterocycles. The molecule has 1 saturated carbocycles. The number of hydrogen-bond donors (Lipinski definition) is 1. The third-order valence-electron chi connectivity index (χ3n) is 3.79. The van der Waals surface area contributed by atoms with Crippen molar-refractivity contribution in [3.05, 3.63) is 29.3 Å². The van der Waals surface area contributed by atoms with Crippen LogP contribution in [-0.2, 0) is 6.54 Å². The Hall–Kier alpha value is -1.02. The summed E-state index contributed by atoms with van der Waals surface area (Å²) in [6, 6.07) is 6.26. The van der Waals surface area contributed by atoms with Gasteiger partial charge in [-0.05, 0) is 49.3 Å². The number of nitrogens with two attached hydrogens (primary N) is 1. The summed E-state index contributed by atoms with van der Waals surface area (Å²) in [5.74, 6) is 1.71. The van der Waals surface area contributed by atoms with E-state index in [1.54, 1.807) is 0 Å². The first kappa shape index (κ1) is 12.4. The van der Waals surface area contributed by atoms with E-state index in [1.807, 2.05) is 0 Å². The van der Waals surface area contributed by atoms with Crippen molar-refractivity contribution in [2.24, 2.45) is 11.7 Å². The summed E-state index contributed by atoms with van der Waals surface area (Å²) < 4.78 is 6.16. The van der Waals surface area contributed by atoms with Crippen LogP contribution < -0.4 is 10.5 Å². The minimum absolute atomic E-state index is 0.395. The van der Waals surface area contributed by atoms with Gasteiger partial charge in [0.2, 0.25) is 0 Å². The summed E-state index contributed by atoms with van der Waals surface area (Å²) in [4.78, 5) is 0. The molecule has 17 heavy (non-hydrogen) atoms. The average Bonchev–Trinajstić information content (AvgIpc) is 2.34. The molecule has 0 aromatic heterocycles. The van der Waals surface area contributed by atoms with Gasteiger partial charge in [0.1, 0.15) is 11.9 Å². The molecular weight excluding hydrogens is 210 g/mol. The highest BCUT2D eigenvalue weighted by Crippen LogP contribution is 2.29. The van der Waals surface area contributed by atoms with E-state index in [1.165, 1.54) is 36.8 Å². The van der Waals surface area contributed by atoms with Crippen LogP contribution in [0.15, 0.2) is 18.2 Å². The summed E-state index contributed by atoms with van der Waals surface area (Å²) in [7, 11) is 0. The lowest BCUT2D eigenvalue weighted by atomic mass is 9.88. The molecule has 2 atom stereocenters. The molecule has 0 radical (unpaired) electrons. The molecule has 0 saturated heterocycles. The molecule has 2 unspecified atom stereocenters. The Bertz CT molecular complexity index is 375. The Balaban J connectivity index is 2.07. The van der Waals surface area contributed by atoms with E-state index in [9.17, 15) is 0 Å². The summed E-state index contributed by atoms with van der Waals surface area (Å²) in [6.07, 6.45) is 5.54. The van der Waals surface area contributed by atoms with Crippen LogP contribution in [-0.4, -0.2) is 6.10 Å². The zero-order valence-corrected chi connectivity index (χ0v) is 10.9. The van der Waals surface area contributed by atoms with Crippen LogP contribution in [0.3, 0.4) is 0 Å². The maximum absolute atomic E-state index is 6.16. The molecule has 2 heteroatoms. The van der Waals surface area contributed by atoms with Gasteiger partial charge in [-0.15, -0.1) is 0 Å². The van der Waals surface area contributed by atoms with Crippen molar-refractivity contribution in [1.29, 1.82) is 0 Å². The van der Waals surface area contributed by atoms with Gasteiger partial charge in [0.25, 0.3) is 0 Å². The Morgan fingerprint density at radius 1 is 1.29 bits per heavy atom. The summed E-state index contributed by atoms with van der Waals surface area (Å²) in [6.45, 7) is 5.00. The molecular formula is C15H23NO. The van der Waals surface area contributed by atoms with Crippen LogP contribution in [0, 0.1) is 12.8 Å². The highest BCUT2D eigenvalue weighted by molar-refractivity contribution is 5.36. The minimum atomic E-state index is 0.395. The predicted molar refractivity (Wildman–Crippen MR) is 71.1 cm³/mol. The van der Waals surface area contributed by atoms with Gasteiger partial charge < -0.3 is 10.5 Å². The Labute approximate surface area is 104 Å². The molecule has 1 fully saturated rings. The molecule has 2 rings (SSSR count). The monoisotopic (exact) mass is 233 g/mol.